The van der Waals surface area contributed by atoms with Gasteiger partial charge in [0.1, 0.15) is 0 Å². The lowest BCUT2D eigenvalue weighted by Gasteiger charge is -2.42. The molecule has 1 aliphatic rings. The number of sulfonamides is 1. The summed E-state index contributed by atoms with van der Waals surface area (Å²) in [6.07, 6.45) is 1.59. The number of nitrogens with zero attached hydrogens (tertiary/aromatic N) is 2. The van der Waals surface area contributed by atoms with Crippen molar-refractivity contribution >= 4 is 21.6 Å². The molecule has 1 N–H and O–H groups in total. The van der Waals surface area contributed by atoms with Gasteiger partial charge in [0.05, 0.1) is 12.2 Å². The Bertz CT molecular complexity index is 610. The Balaban J connectivity index is 2.19. The van der Waals surface area contributed by atoms with Gasteiger partial charge in [-0.15, -0.1) is 0 Å². The molecule has 0 unspecified atom stereocenters. The Morgan fingerprint density at radius 3 is 2.68 bits per heavy atom. The first kappa shape index (κ1) is 13.8. The van der Waals surface area contributed by atoms with Crippen LogP contribution in [0.2, 0.25) is 0 Å². The molecule has 2 heterocycles. The van der Waals surface area contributed by atoms with Crippen LogP contribution < -0.4 is 5.32 Å². The summed E-state index contributed by atoms with van der Waals surface area (Å²) in [5.41, 5.74) is 1.41. The molecule has 0 aliphatic carbocycles. The van der Waals surface area contributed by atoms with Crippen molar-refractivity contribution in [1.29, 1.82) is 0 Å². The number of nitrogens with one attached hydrogen (secondary N) is 1. The van der Waals surface area contributed by atoms with Gasteiger partial charge in [-0.05, 0) is 32.9 Å². The Morgan fingerprint density at radius 2 is 2.11 bits per heavy atom. The lowest BCUT2D eigenvalue weighted by atomic mass is 10.2. The fourth-order valence-electron chi connectivity index (χ4n) is 1.94. The maximum absolute atomic E-state index is 12.0. The molecule has 1 aliphatic heterocycles. The van der Waals surface area contributed by atoms with Crippen molar-refractivity contribution < 1.29 is 13.2 Å². The van der Waals surface area contributed by atoms with Gasteiger partial charge in [-0.3, -0.25) is 9.78 Å². The summed E-state index contributed by atoms with van der Waals surface area (Å²) in [4.78, 5) is 15.9. The molecule has 0 spiro atoms. The monoisotopic (exact) mass is 283 g/mol. The lowest BCUT2D eigenvalue weighted by molar-refractivity contribution is -0.132. The molecular formula is C12H17N3O3S. The minimum absolute atomic E-state index is 0.0101. The number of hydrogen-bond acceptors (Lipinski definition) is 5. The molecule has 6 nitrogen and oxygen atoms in total. The van der Waals surface area contributed by atoms with Crippen molar-refractivity contribution in [1.82, 2.24) is 9.29 Å². The molecule has 1 aromatic heterocycles. The molecule has 1 fully saturated rings. The molecule has 1 amide bonds. The second kappa shape index (κ2) is 4.48. The van der Waals surface area contributed by atoms with Crippen LogP contribution in [0.5, 0.6) is 0 Å². The zero-order chi connectivity index (χ0) is 14.3. The molecule has 7 heteroatoms. The standard InChI is InChI=1S/C12H17N3O3S/c1-4-13-9-5-6-14-10(7-9)8-15-11(16)12(2,3)19(15,17)18/h5-7H,4,8H2,1-3H3,(H,13,14). The summed E-state index contributed by atoms with van der Waals surface area (Å²) in [5, 5.41) is 3.11. The summed E-state index contributed by atoms with van der Waals surface area (Å²) in [5.74, 6) is -0.386. The van der Waals surface area contributed by atoms with E-state index in [1.165, 1.54) is 13.8 Å². The number of rotatable bonds is 4. The molecule has 0 bridgehead atoms. The molecule has 19 heavy (non-hydrogen) atoms. The Morgan fingerprint density at radius 1 is 1.42 bits per heavy atom. The highest BCUT2D eigenvalue weighted by Gasteiger charge is 2.60. The highest BCUT2D eigenvalue weighted by atomic mass is 32.2. The van der Waals surface area contributed by atoms with Crippen molar-refractivity contribution in [2.75, 3.05) is 11.9 Å². The Kier molecular flexibility index (Phi) is 3.25. The van der Waals surface area contributed by atoms with E-state index < -0.39 is 14.8 Å². The maximum Gasteiger partial charge on any atom is 0.259 e. The van der Waals surface area contributed by atoms with E-state index in [9.17, 15) is 13.2 Å². The van der Waals surface area contributed by atoms with E-state index in [1.807, 2.05) is 6.92 Å². The Labute approximate surface area is 112 Å². The summed E-state index contributed by atoms with van der Waals surface area (Å²) in [6.45, 7) is 5.56. The van der Waals surface area contributed by atoms with Crippen LogP contribution in [0, 0.1) is 0 Å². The van der Waals surface area contributed by atoms with E-state index in [4.69, 9.17) is 0 Å². The zero-order valence-electron chi connectivity index (χ0n) is 11.2. The van der Waals surface area contributed by atoms with Gasteiger partial charge in [0.15, 0.2) is 4.75 Å². The third-order valence-electron chi connectivity index (χ3n) is 3.18. The number of anilines is 1. The van der Waals surface area contributed by atoms with Crippen LogP contribution in [0.1, 0.15) is 26.5 Å². The molecule has 0 saturated carbocycles. The van der Waals surface area contributed by atoms with Gasteiger partial charge in [-0.2, -0.15) is 0 Å². The summed E-state index contributed by atoms with van der Waals surface area (Å²) < 4.78 is 23.5. The van der Waals surface area contributed by atoms with E-state index in [0.717, 1.165) is 16.5 Å². The number of aromatic nitrogens is 1. The van der Waals surface area contributed by atoms with Gasteiger partial charge in [0.25, 0.3) is 15.9 Å². The minimum Gasteiger partial charge on any atom is -0.385 e. The molecule has 0 aromatic carbocycles. The first-order chi connectivity index (χ1) is 8.80. The van der Waals surface area contributed by atoms with E-state index in [2.05, 4.69) is 10.3 Å². The van der Waals surface area contributed by atoms with Gasteiger partial charge in [0.2, 0.25) is 0 Å². The van der Waals surface area contributed by atoms with E-state index >= 15 is 0 Å². The van der Waals surface area contributed by atoms with Crippen molar-refractivity contribution in [3.63, 3.8) is 0 Å². The zero-order valence-corrected chi connectivity index (χ0v) is 12.0. The summed E-state index contributed by atoms with van der Waals surface area (Å²) in [6, 6.07) is 3.54. The second-order valence-corrected chi connectivity index (χ2v) is 7.30. The maximum atomic E-state index is 12.0. The van der Waals surface area contributed by atoms with Crippen molar-refractivity contribution in [3.05, 3.63) is 24.0 Å². The second-order valence-electron chi connectivity index (χ2n) is 4.89. The highest BCUT2D eigenvalue weighted by molar-refractivity contribution is 7.94. The Hall–Kier alpha value is -1.63. The first-order valence-corrected chi connectivity index (χ1v) is 7.50. The van der Waals surface area contributed by atoms with Crippen molar-refractivity contribution in [2.45, 2.75) is 32.1 Å². The normalized spacial score (nSPS) is 19.9. The van der Waals surface area contributed by atoms with E-state index in [0.29, 0.717) is 5.69 Å². The van der Waals surface area contributed by atoms with Crippen LogP contribution in [0.4, 0.5) is 5.69 Å². The lowest BCUT2D eigenvalue weighted by Crippen LogP contribution is -2.66. The third kappa shape index (κ3) is 2.07. The molecule has 2 rings (SSSR count). The number of amides is 1. The highest BCUT2D eigenvalue weighted by Crippen LogP contribution is 2.35. The smallest absolute Gasteiger partial charge is 0.259 e. The van der Waals surface area contributed by atoms with Gasteiger partial charge < -0.3 is 5.32 Å². The fourth-order valence-corrected chi connectivity index (χ4v) is 3.44. The molecule has 1 aromatic rings. The molecule has 0 atom stereocenters. The van der Waals surface area contributed by atoms with Gasteiger partial charge in [-0.1, -0.05) is 0 Å². The quantitative estimate of drug-likeness (QED) is 0.890. The van der Waals surface area contributed by atoms with Crippen LogP contribution in [0.15, 0.2) is 18.3 Å². The SMILES string of the molecule is CCNc1ccnc(CN2C(=O)C(C)(C)S2(=O)=O)c1. The molecule has 104 valence electrons. The molecular weight excluding hydrogens is 266 g/mol. The minimum atomic E-state index is -3.55. The van der Waals surface area contributed by atoms with Gasteiger partial charge in [0, 0.05) is 18.4 Å². The third-order valence-corrected chi connectivity index (χ3v) is 5.52. The van der Waals surface area contributed by atoms with Crippen LogP contribution >= 0.6 is 0 Å². The van der Waals surface area contributed by atoms with E-state index in [1.54, 1.807) is 18.3 Å². The van der Waals surface area contributed by atoms with Crippen LogP contribution in [-0.2, 0) is 21.4 Å². The number of carbonyl (C=O) groups excluding carboxylic acids is 1. The van der Waals surface area contributed by atoms with Crippen molar-refractivity contribution in [3.8, 4) is 0 Å². The number of pyridine rings is 1. The topological polar surface area (TPSA) is 79.4 Å². The van der Waals surface area contributed by atoms with E-state index in [-0.39, 0.29) is 12.5 Å². The largest absolute Gasteiger partial charge is 0.385 e. The summed E-state index contributed by atoms with van der Waals surface area (Å²) in [7, 11) is -3.55. The van der Waals surface area contributed by atoms with Gasteiger partial charge in [-0.25, -0.2) is 12.7 Å². The van der Waals surface area contributed by atoms with Crippen LogP contribution in [0.25, 0.3) is 0 Å². The molecule has 0 radical (unpaired) electrons. The number of hydrogen-bond donors (Lipinski definition) is 1. The van der Waals surface area contributed by atoms with Crippen LogP contribution in [0.3, 0.4) is 0 Å². The van der Waals surface area contributed by atoms with Crippen molar-refractivity contribution in [2.24, 2.45) is 0 Å². The van der Waals surface area contributed by atoms with Gasteiger partial charge >= 0.3 is 0 Å². The van der Waals surface area contributed by atoms with Crippen LogP contribution in [-0.4, -0.2) is 34.9 Å². The predicted octanol–water partition coefficient (Wildman–Crippen LogP) is 0.964. The predicted molar refractivity (Wildman–Crippen MR) is 71.9 cm³/mol. The average molecular weight is 283 g/mol. The number of carbonyl (C=O) groups is 1. The fraction of sp³-hybridized carbons (Fsp3) is 0.500. The summed E-state index contributed by atoms with van der Waals surface area (Å²) >= 11 is 0. The first-order valence-electron chi connectivity index (χ1n) is 6.06. The molecule has 1 saturated heterocycles. The average Bonchev–Trinajstić information content (AvgIpc) is 2.35.